The van der Waals surface area contributed by atoms with Crippen LogP contribution in [0.15, 0.2) is 121 Å². The molecule has 6 heteroatoms. The third kappa shape index (κ3) is 6.22. The van der Waals surface area contributed by atoms with Crippen molar-refractivity contribution in [3.05, 3.63) is 210 Å². The van der Waals surface area contributed by atoms with E-state index in [0.29, 0.717) is 0 Å². The van der Waals surface area contributed by atoms with Crippen LogP contribution in [0, 0.1) is 41.5 Å². The van der Waals surface area contributed by atoms with Gasteiger partial charge in [0.05, 0.1) is 0 Å². The van der Waals surface area contributed by atoms with E-state index in [2.05, 4.69) is 191 Å². The highest BCUT2D eigenvalue weighted by molar-refractivity contribution is 6.99. The Morgan fingerprint density at radius 2 is 0.632 bits per heavy atom. The second kappa shape index (κ2) is 16.3. The van der Waals surface area contributed by atoms with Crippen molar-refractivity contribution in [3.63, 3.8) is 0 Å². The second-order valence-electron chi connectivity index (χ2n) is 22.5. The minimum Gasteiger partial charge on any atom is -0.458 e. The van der Waals surface area contributed by atoms with E-state index in [0.717, 1.165) is 105 Å². The van der Waals surface area contributed by atoms with Gasteiger partial charge in [-0.15, -0.1) is 0 Å². The molecular formula is C70H58B2O4. The van der Waals surface area contributed by atoms with Gasteiger partial charge in [0.1, 0.15) is 46.0 Å². The van der Waals surface area contributed by atoms with Crippen LogP contribution in [0.2, 0.25) is 0 Å². The molecule has 0 fully saturated rings. The number of hydrogen-bond acceptors (Lipinski definition) is 4. The molecule has 0 saturated heterocycles. The Hall–Kier alpha value is -7.95. The molecule has 76 heavy (non-hydrogen) atoms. The van der Waals surface area contributed by atoms with Gasteiger partial charge >= 0.3 is 0 Å². The van der Waals surface area contributed by atoms with Gasteiger partial charge in [-0.3, -0.25) is 0 Å². The molecule has 368 valence electrons. The normalized spacial score (nSPS) is 13.9. The fourth-order valence-electron chi connectivity index (χ4n) is 14.5. The first-order chi connectivity index (χ1) is 36.9. The number of ether oxygens (including phenoxy) is 4. The molecule has 0 radical (unpaired) electrons. The quantitative estimate of drug-likeness (QED) is 0.156. The fraction of sp³-hybridized carbons (Fsp3) is 0.200. The van der Waals surface area contributed by atoms with Crippen LogP contribution in [-0.4, -0.2) is 13.4 Å². The summed E-state index contributed by atoms with van der Waals surface area (Å²) >= 11 is 0. The highest BCUT2D eigenvalue weighted by Crippen LogP contribution is 2.52. The van der Waals surface area contributed by atoms with Gasteiger partial charge in [-0.25, -0.2) is 0 Å². The molecule has 0 N–H and O–H groups in total. The summed E-state index contributed by atoms with van der Waals surface area (Å²) in [4.78, 5) is 0. The number of fused-ring (bicyclic) bond motifs is 16. The maximum Gasteiger partial charge on any atom is 0.260 e. The zero-order chi connectivity index (χ0) is 51.7. The minimum atomic E-state index is -0.0559. The van der Waals surface area contributed by atoms with E-state index < -0.39 is 0 Å². The van der Waals surface area contributed by atoms with Gasteiger partial charge in [0, 0.05) is 33.2 Å². The monoisotopic (exact) mass is 984 g/mol. The molecule has 4 nitrogen and oxygen atoms in total. The summed E-state index contributed by atoms with van der Waals surface area (Å²) in [6.45, 7) is 22.4. The molecule has 0 amide bonds. The molecule has 6 aliphatic rings. The summed E-state index contributed by atoms with van der Waals surface area (Å²) in [5.41, 5.74) is 31.4. The summed E-state index contributed by atoms with van der Waals surface area (Å²) in [7, 11) is 0. The summed E-state index contributed by atoms with van der Waals surface area (Å²) < 4.78 is 29.3. The summed E-state index contributed by atoms with van der Waals surface area (Å²) in [5, 5.41) is 2.37. The van der Waals surface area contributed by atoms with E-state index >= 15 is 0 Å². The van der Waals surface area contributed by atoms with Crippen molar-refractivity contribution in [1.29, 1.82) is 0 Å². The van der Waals surface area contributed by atoms with E-state index in [1.54, 1.807) is 0 Å². The molecule has 0 bridgehead atoms. The van der Waals surface area contributed by atoms with Gasteiger partial charge in [-0.1, -0.05) is 112 Å². The van der Waals surface area contributed by atoms with E-state index in [-0.39, 0.29) is 13.4 Å². The van der Waals surface area contributed by atoms with Crippen LogP contribution in [-0.2, 0) is 25.7 Å². The summed E-state index contributed by atoms with van der Waals surface area (Å²) in [6.07, 6.45) is 3.77. The second-order valence-corrected chi connectivity index (χ2v) is 22.5. The smallest absolute Gasteiger partial charge is 0.260 e. The number of rotatable bonds is 6. The van der Waals surface area contributed by atoms with Crippen molar-refractivity contribution >= 4 is 57.3 Å². The Bertz CT molecular complexity index is 3960. The molecule has 0 spiro atoms. The van der Waals surface area contributed by atoms with Crippen LogP contribution >= 0.6 is 0 Å². The highest BCUT2D eigenvalue weighted by atomic mass is 16.5. The van der Waals surface area contributed by atoms with Gasteiger partial charge in [-0.2, -0.15) is 0 Å². The lowest BCUT2D eigenvalue weighted by Gasteiger charge is -2.35. The molecule has 4 heterocycles. The predicted octanol–water partition coefficient (Wildman–Crippen LogP) is 11.7. The van der Waals surface area contributed by atoms with Gasteiger partial charge in [0.15, 0.2) is 0 Å². The Kier molecular flexibility index (Phi) is 9.73. The molecule has 9 aromatic carbocycles. The zero-order valence-corrected chi connectivity index (χ0v) is 45.2. The van der Waals surface area contributed by atoms with E-state index in [9.17, 15) is 0 Å². The van der Waals surface area contributed by atoms with Gasteiger partial charge in [-0.05, 0) is 226 Å². The molecule has 0 atom stereocenters. The first-order valence-electron chi connectivity index (χ1n) is 27.7. The van der Waals surface area contributed by atoms with Crippen LogP contribution < -0.4 is 62.2 Å². The molecule has 0 aromatic heterocycles. The van der Waals surface area contributed by atoms with Crippen LogP contribution in [0.5, 0.6) is 46.0 Å². The van der Waals surface area contributed by atoms with E-state index in [1.807, 2.05) is 0 Å². The number of benzene rings is 9. The molecule has 2 aliphatic carbocycles. The van der Waals surface area contributed by atoms with Crippen LogP contribution in [0.25, 0.3) is 33.4 Å². The van der Waals surface area contributed by atoms with Crippen LogP contribution in [0.1, 0.15) is 106 Å². The summed E-state index contributed by atoms with van der Waals surface area (Å²) in [5.74, 6) is 7.13. The van der Waals surface area contributed by atoms with Crippen molar-refractivity contribution in [3.8, 4) is 68.2 Å². The summed E-state index contributed by atoms with van der Waals surface area (Å²) in [6, 6.07) is 46.3. The van der Waals surface area contributed by atoms with Gasteiger partial charge in [0.25, 0.3) is 13.4 Å². The third-order valence-corrected chi connectivity index (χ3v) is 17.8. The molecule has 4 aliphatic heterocycles. The van der Waals surface area contributed by atoms with E-state index in [4.69, 9.17) is 18.9 Å². The maximum absolute atomic E-state index is 7.47. The molecule has 9 aromatic rings. The molecular weight excluding hydrogens is 926 g/mol. The minimum absolute atomic E-state index is 0.0559. The van der Waals surface area contributed by atoms with Crippen molar-refractivity contribution in [2.45, 2.75) is 94.9 Å². The van der Waals surface area contributed by atoms with Crippen molar-refractivity contribution in [2.24, 2.45) is 0 Å². The predicted molar refractivity (Wildman–Crippen MR) is 314 cm³/mol. The van der Waals surface area contributed by atoms with Gasteiger partial charge < -0.3 is 18.9 Å². The van der Waals surface area contributed by atoms with Crippen molar-refractivity contribution < 1.29 is 18.9 Å². The lowest BCUT2D eigenvalue weighted by Crippen LogP contribution is -2.57. The maximum atomic E-state index is 7.47. The van der Waals surface area contributed by atoms with Crippen LogP contribution in [0.3, 0.4) is 0 Å². The third-order valence-electron chi connectivity index (χ3n) is 17.8. The van der Waals surface area contributed by atoms with Crippen LogP contribution in [0.4, 0.5) is 0 Å². The first kappa shape index (κ1) is 45.4. The van der Waals surface area contributed by atoms with Crippen molar-refractivity contribution in [2.75, 3.05) is 0 Å². The molecule has 0 unspecified atom stereocenters. The fourth-order valence-corrected chi connectivity index (χ4v) is 14.5. The highest BCUT2D eigenvalue weighted by Gasteiger charge is 2.47. The average Bonchev–Trinajstić information content (AvgIpc) is 4.01. The lowest BCUT2D eigenvalue weighted by molar-refractivity contribution is 0.463. The standard InChI is InChI=1S/C70H58B2O4/c1-11-41-15-19-55-51(27-41)71-53-29-43(13-3)17-21-57(53)75-69-65-49(33-59(73-55)67(69)71)45-31-48-46(32-47(45)63(65)61-37(7)23-35(5)24-38(61)8)50-34-60-68-70(66(50)64(48)62-39(9)25-36(6)26-40(62)10)76-58-22-18-44(14-4)30-54(58)72(68)52-28-42(12-2)16-20-56(52)74-60/h15-34H,11-14H2,1-10H3. The largest absolute Gasteiger partial charge is 0.458 e. The first-order valence-corrected chi connectivity index (χ1v) is 27.7. The Morgan fingerprint density at radius 3 is 0.947 bits per heavy atom. The van der Waals surface area contributed by atoms with Crippen molar-refractivity contribution in [1.82, 2.24) is 0 Å². The Labute approximate surface area is 446 Å². The average molecular weight is 985 g/mol. The Morgan fingerprint density at radius 1 is 0.316 bits per heavy atom. The topological polar surface area (TPSA) is 36.9 Å². The zero-order valence-electron chi connectivity index (χ0n) is 45.2. The van der Waals surface area contributed by atoms with Gasteiger partial charge in [0.2, 0.25) is 0 Å². The molecule has 15 rings (SSSR count). The Balaban J connectivity index is 1.07. The number of hydrogen-bond donors (Lipinski definition) is 0. The van der Waals surface area contributed by atoms with E-state index in [1.165, 1.54) is 121 Å². The lowest BCUT2D eigenvalue weighted by atomic mass is 9.34. The molecule has 0 saturated carbocycles. The SMILES string of the molecule is CCc1ccc2c(c1)B1c3cc(CC)ccc3Oc3c1c(cc1c3C(c3c(C)cc(C)cc3C)=c3cc4c(cc3-1)=C(c1c(C)cc(C)cc1C)c1c-4cc3c4c1Oc1ccc(CC)cc1B4c1cc(CC)ccc1O3)O2. The number of aryl methyl sites for hydroxylation is 10.